The molecule has 0 heterocycles. The summed E-state index contributed by atoms with van der Waals surface area (Å²) in [7, 11) is 0. The van der Waals surface area contributed by atoms with Gasteiger partial charge in [-0.2, -0.15) is 0 Å². The Labute approximate surface area is 116 Å². The van der Waals surface area contributed by atoms with Gasteiger partial charge in [-0.25, -0.2) is 0 Å². The lowest BCUT2D eigenvalue weighted by Crippen LogP contribution is -2.42. The van der Waals surface area contributed by atoms with Crippen molar-refractivity contribution < 1.29 is 9.59 Å². The van der Waals surface area contributed by atoms with Crippen LogP contribution in [0.4, 0.5) is 0 Å². The Balaban J connectivity index is 2.32. The number of hydrogen-bond acceptors (Lipinski definition) is 2. The smallest absolute Gasteiger partial charge is 0.225 e. The lowest BCUT2D eigenvalue weighted by molar-refractivity contribution is -0.130. The Morgan fingerprint density at radius 1 is 1.16 bits per heavy atom. The van der Waals surface area contributed by atoms with Crippen LogP contribution in [-0.2, 0) is 9.59 Å². The van der Waals surface area contributed by atoms with Gasteiger partial charge in [-0.05, 0) is 46.5 Å². The number of nitrogens with one attached hydrogen (secondary N) is 2. The van der Waals surface area contributed by atoms with Gasteiger partial charge in [-0.3, -0.25) is 9.59 Å². The summed E-state index contributed by atoms with van der Waals surface area (Å²) in [6, 6.07) is 0.304. The first-order valence-corrected chi connectivity index (χ1v) is 7.33. The fraction of sp³-hybridized carbons (Fsp3) is 0.867. The molecule has 0 saturated heterocycles. The van der Waals surface area contributed by atoms with E-state index in [2.05, 4.69) is 10.6 Å². The Morgan fingerprint density at radius 3 is 2.21 bits per heavy atom. The van der Waals surface area contributed by atoms with E-state index in [0.717, 1.165) is 25.7 Å². The van der Waals surface area contributed by atoms with E-state index in [1.165, 1.54) is 0 Å². The molecule has 110 valence electrons. The number of carbonyl (C=O) groups excluding carboxylic acids is 2. The first kappa shape index (κ1) is 16.0. The molecule has 19 heavy (non-hydrogen) atoms. The zero-order valence-corrected chi connectivity index (χ0v) is 12.9. The van der Waals surface area contributed by atoms with E-state index in [1.54, 1.807) is 0 Å². The van der Waals surface area contributed by atoms with Crippen LogP contribution in [0, 0.1) is 11.3 Å². The van der Waals surface area contributed by atoms with Crippen molar-refractivity contribution in [2.45, 2.75) is 72.4 Å². The minimum Gasteiger partial charge on any atom is -0.353 e. The van der Waals surface area contributed by atoms with Crippen LogP contribution in [0.2, 0.25) is 0 Å². The molecule has 0 aromatic rings. The molecule has 0 aromatic carbocycles. The molecule has 1 unspecified atom stereocenters. The van der Waals surface area contributed by atoms with E-state index in [0.29, 0.717) is 0 Å². The van der Waals surface area contributed by atoms with Crippen LogP contribution in [0.3, 0.4) is 0 Å². The molecule has 0 bridgehead atoms. The van der Waals surface area contributed by atoms with Crippen molar-refractivity contribution in [2.24, 2.45) is 11.3 Å². The Morgan fingerprint density at radius 2 is 1.74 bits per heavy atom. The third-order valence-corrected chi connectivity index (χ3v) is 3.57. The van der Waals surface area contributed by atoms with Gasteiger partial charge in [-0.15, -0.1) is 0 Å². The van der Waals surface area contributed by atoms with Gasteiger partial charge in [0.25, 0.3) is 0 Å². The summed E-state index contributed by atoms with van der Waals surface area (Å²) in [5, 5.41) is 5.97. The predicted molar refractivity (Wildman–Crippen MR) is 76.6 cm³/mol. The minimum absolute atomic E-state index is 0.0863. The van der Waals surface area contributed by atoms with E-state index < -0.39 is 0 Å². The van der Waals surface area contributed by atoms with Gasteiger partial charge in [0.05, 0.1) is 0 Å². The largest absolute Gasteiger partial charge is 0.353 e. The predicted octanol–water partition coefficient (Wildman–Crippen LogP) is 2.23. The molecule has 4 heteroatoms. The Kier molecular flexibility index (Phi) is 5.39. The van der Waals surface area contributed by atoms with Crippen LogP contribution < -0.4 is 10.6 Å². The zero-order chi connectivity index (χ0) is 14.6. The lowest BCUT2D eigenvalue weighted by Gasteiger charge is -2.26. The van der Waals surface area contributed by atoms with E-state index in [1.807, 2.05) is 34.6 Å². The number of amides is 2. The van der Waals surface area contributed by atoms with Gasteiger partial charge in [0.1, 0.15) is 0 Å². The molecule has 0 radical (unpaired) electrons. The maximum Gasteiger partial charge on any atom is 0.225 e. The lowest BCUT2D eigenvalue weighted by atomic mass is 9.85. The van der Waals surface area contributed by atoms with Crippen LogP contribution >= 0.6 is 0 Å². The highest BCUT2D eigenvalue weighted by Gasteiger charge is 2.31. The second kappa shape index (κ2) is 6.40. The molecule has 1 fully saturated rings. The molecule has 1 aliphatic carbocycles. The maximum absolute atomic E-state index is 12.0. The molecular formula is C15H28N2O2. The molecular weight excluding hydrogens is 240 g/mol. The molecule has 0 aliphatic heterocycles. The fourth-order valence-corrected chi connectivity index (χ4v) is 1.93. The van der Waals surface area contributed by atoms with Gasteiger partial charge < -0.3 is 10.6 Å². The molecule has 1 aliphatic rings. The van der Waals surface area contributed by atoms with Crippen molar-refractivity contribution in [3.8, 4) is 0 Å². The highest BCUT2D eigenvalue weighted by Crippen LogP contribution is 2.29. The average Bonchev–Trinajstić information content (AvgIpc) is 3.09. The van der Waals surface area contributed by atoms with Crippen LogP contribution in [0.1, 0.15) is 60.3 Å². The summed E-state index contributed by atoms with van der Waals surface area (Å²) in [6.45, 7) is 9.86. The third-order valence-electron chi connectivity index (χ3n) is 3.57. The summed E-state index contributed by atoms with van der Waals surface area (Å²) in [6.07, 6.45) is 3.66. The maximum atomic E-state index is 12.0. The zero-order valence-electron chi connectivity index (χ0n) is 12.9. The van der Waals surface area contributed by atoms with Gasteiger partial charge in [0.15, 0.2) is 0 Å². The number of carbonyl (C=O) groups is 2. The van der Waals surface area contributed by atoms with Crippen molar-refractivity contribution in [3.63, 3.8) is 0 Å². The second-order valence-corrected chi connectivity index (χ2v) is 6.73. The molecule has 2 amide bonds. The minimum atomic E-state index is -0.386. The van der Waals surface area contributed by atoms with Gasteiger partial charge in [0.2, 0.25) is 11.8 Å². The van der Waals surface area contributed by atoms with Crippen molar-refractivity contribution in [2.75, 3.05) is 0 Å². The van der Waals surface area contributed by atoms with Crippen molar-refractivity contribution in [3.05, 3.63) is 0 Å². The summed E-state index contributed by atoms with van der Waals surface area (Å²) >= 11 is 0. The monoisotopic (exact) mass is 268 g/mol. The number of hydrogen-bond donors (Lipinski definition) is 2. The first-order valence-electron chi connectivity index (χ1n) is 7.33. The molecule has 1 rings (SSSR count). The highest BCUT2D eigenvalue weighted by atomic mass is 16.2. The summed E-state index contributed by atoms with van der Waals surface area (Å²) < 4.78 is 0. The normalized spacial score (nSPS) is 17.2. The number of rotatable bonds is 7. The van der Waals surface area contributed by atoms with Crippen LogP contribution in [-0.4, -0.2) is 23.9 Å². The quantitative estimate of drug-likeness (QED) is 0.744. The topological polar surface area (TPSA) is 58.2 Å². The van der Waals surface area contributed by atoms with Gasteiger partial charge in [-0.1, -0.05) is 13.8 Å². The molecule has 4 nitrogen and oxygen atoms in total. The SMILES string of the molecule is CC(C)NC(=O)C(C)(C)CCC(C)NC(=O)C1CC1. The average molecular weight is 268 g/mol. The molecule has 0 aromatic heterocycles. The fourth-order valence-electron chi connectivity index (χ4n) is 1.93. The summed E-state index contributed by atoms with van der Waals surface area (Å²) in [5.74, 6) is 0.514. The highest BCUT2D eigenvalue weighted by molar-refractivity contribution is 5.82. The molecule has 0 spiro atoms. The second-order valence-electron chi connectivity index (χ2n) is 6.73. The van der Waals surface area contributed by atoms with Crippen molar-refractivity contribution in [1.29, 1.82) is 0 Å². The van der Waals surface area contributed by atoms with E-state index in [9.17, 15) is 9.59 Å². The first-order chi connectivity index (χ1) is 8.72. The van der Waals surface area contributed by atoms with Crippen LogP contribution in [0.15, 0.2) is 0 Å². The van der Waals surface area contributed by atoms with Crippen molar-refractivity contribution >= 4 is 11.8 Å². The summed E-state index contributed by atoms with van der Waals surface area (Å²) in [4.78, 5) is 23.7. The van der Waals surface area contributed by atoms with Crippen LogP contribution in [0.5, 0.6) is 0 Å². The van der Waals surface area contributed by atoms with Crippen LogP contribution in [0.25, 0.3) is 0 Å². The standard InChI is InChI=1S/C15H28N2O2/c1-10(2)16-14(19)15(4,5)9-8-11(3)17-13(18)12-6-7-12/h10-12H,6-9H2,1-5H3,(H,16,19)(H,17,18). The van der Waals surface area contributed by atoms with Gasteiger partial charge in [0, 0.05) is 23.4 Å². The van der Waals surface area contributed by atoms with E-state index >= 15 is 0 Å². The van der Waals surface area contributed by atoms with Crippen molar-refractivity contribution in [1.82, 2.24) is 10.6 Å². The van der Waals surface area contributed by atoms with Gasteiger partial charge >= 0.3 is 0 Å². The molecule has 1 atom stereocenters. The third kappa shape index (κ3) is 5.62. The Hall–Kier alpha value is -1.06. The Bertz CT molecular complexity index is 333. The van der Waals surface area contributed by atoms with E-state index in [-0.39, 0.29) is 35.2 Å². The molecule has 2 N–H and O–H groups in total. The van der Waals surface area contributed by atoms with E-state index in [4.69, 9.17) is 0 Å². The summed E-state index contributed by atoms with van der Waals surface area (Å²) in [5.41, 5.74) is -0.386. The molecule has 1 saturated carbocycles.